The van der Waals surface area contributed by atoms with E-state index >= 15 is 0 Å². The lowest BCUT2D eigenvalue weighted by Crippen LogP contribution is -2.44. The van der Waals surface area contributed by atoms with Crippen molar-refractivity contribution in [2.75, 3.05) is 4.90 Å². The largest absolute Gasteiger partial charge is 0.351 e. The van der Waals surface area contributed by atoms with Crippen LogP contribution in [0.5, 0.6) is 0 Å². The van der Waals surface area contributed by atoms with Crippen molar-refractivity contribution in [2.45, 2.75) is 18.0 Å². The van der Waals surface area contributed by atoms with Crippen LogP contribution in [0.1, 0.15) is 27.4 Å². The van der Waals surface area contributed by atoms with E-state index in [4.69, 9.17) is 0 Å². The summed E-state index contributed by atoms with van der Waals surface area (Å²) < 4.78 is 0. The first-order valence-corrected chi connectivity index (χ1v) is 9.95. The van der Waals surface area contributed by atoms with Crippen molar-refractivity contribution in [3.05, 3.63) is 95.8 Å². The number of hydrogen-bond donors (Lipinski definition) is 0. The quantitative estimate of drug-likeness (QED) is 0.618. The molecule has 0 aliphatic carbocycles. The fourth-order valence-corrected chi connectivity index (χ4v) is 4.87. The number of hydrogen-bond acceptors (Lipinski definition) is 6. The highest BCUT2D eigenvalue weighted by Gasteiger charge is 2.63. The molecule has 0 spiro atoms. The van der Waals surface area contributed by atoms with Crippen molar-refractivity contribution >= 4 is 17.5 Å². The average Bonchev–Trinajstić information content (AvgIpc) is 3.15. The minimum Gasteiger partial charge on any atom is -0.351 e. The normalized spacial score (nSPS) is 22.6. The van der Waals surface area contributed by atoms with Crippen molar-refractivity contribution in [2.24, 2.45) is 5.41 Å². The van der Waals surface area contributed by atoms with E-state index in [1.807, 2.05) is 59.5 Å². The molecule has 31 heavy (non-hydrogen) atoms. The predicted molar refractivity (Wildman–Crippen MR) is 115 cm³/mol. The van der Waals surface area contributed by atoms with Crippen molar-refractivity contribution in [1.82, 2.24) is 10.2 Å². The highest BCUT2D eigenvalue weighted by Crippen LogP contribution is 2.55. The third-order valence-corrected chi connectivity index (χ3v) is 6.21. The molecule has 6 nitrogen and oxygen atoms in total. The first-order chi connectivity index (χ1) is 15.2. The van der Waals surface area contributed by atoms with Crippen LogP contribution in [0.2, 0.25) is 0 Å². The van der Waals surface area contributed by atoms with Crippen LogP contribution in [-0.4, -0.2) is 28.1 Å². The summed E-state index contributed by atoms with van der Waals surface area (Å²) in [7, 11) is 0. The minimum atomic E-state index is -1.47. The summed E-state index contributed by atoms with van der Waals surface area (Å²) in [4.78, 5) is 15.8. The second-order valence-corrected chi connectivity index (χ2v) is 7.69. The molecule has 0 amide bonds. The number of carbonyl (C=O) groups excluding carboxylic acids is 1. The average molecular weight is 403 g/mol. The number of ketones is 1. The molecule has 1 fully saturated rings. The van der Waals surface area contributed by atoms with Gasteiger partial charge in [-0.25, -0.2) is 0 Å². The summed E-state index contributed by atoms with van der Waals surface area (Å²) in [6.07, 6.45) is 6.87. The molecule has 0 radical (unpaired) electrons. The van der Waals surface area contributed by atoms with Crippen molar-refractivity contribution < 1.29 is 4.79 Å². The maximum atomic E-state index is 13.9. The van der Waals surface area contributed by atoms with E-state index in [0.29, 0.717) is 11.1 Å². The van der Waals surface area contributed by atoms with E-state index in [-0.39, 0.29) is 5.78 Å². The summed E-state index contributed by atoms with van der Waals surface area (Å²) in [5, 5.41) is 28.5. The van der Waals surface area contributed by atoms with Crippen LogP contribution in [0.25, 0.3) is 6.08 Å². The molecule has 2 aliphatic rings. The van der Waals surface area contributed by atoms with Gasteiger partial charge in [-0.1, -0.05) is 60.7 Å². The molecule has 2 aliphatic heterocycles. The lowest BCUT2D eigenvalue weighted by Gasteiger charge is -2.35. The molecule has 3 aromatic rings. The van der Waals surface area contributed by atoms with Gasteiger partial charge in [-0.15, -0.1) is 0 Å². The summed E-state index contributed by atoms with van der Waals surface area (Å²) in [5.41, 5.74) is 1.50. The van der Waals surface area contributed by atoms with Crippen LogP contribution in [0.3, 0.4) is 0 Å². The minimum absolute atomic E-state index is 0.134. The van der Waals surface area contributed by atoms with E-state index in [2.05, 4.69) is 22.3 Å². The van der Waals surface area contributed by atoms with Crippen LogP contribution >= 0.6 is 0 Å². The van der Waals surface area contributed by atoms with Crippen LogP contribution < -0.4 is 4.90 Å². The first kappa shape index (κ1) is 18.7. The Hall–Kier alpha value is -4.29. The number of fused-ring (bicyclic) bond motifs is 3. The Balaban J connectivity index is 1.79. The molecule has 0 unspecified atom stereocenters. The zero-order valence-electron chi connectivity index (χ0n) is 16.5. The number of aromatic nitrogens is 2. The fraction of sp³-hybridized carbons (Fsp3) is 0.160. The lowest BCUT2D eigenvalue weighted by atomic mass is 9.69. The van der Waals surface area contributed by atoms with Gasteiger partial charge in [-0.05, 0) is 23.3 Å². The SMILES string of the molecule is N#CC1(C#N)[C@H](c2ccnnc2)[C@@H](C(=O)c2ccccc2)N2c3ccccc3C=C[C@@H]21. The third kappa shape index (κ3) is 2.66. The van der Waals surface area contributed by atoms with Gasteiger partial charge in [0.2, 0.25) is 0 Å². The number of Topliss-reactive ketones (excluding diaryl/α,β-unsaturated/α-hetero) is 1. The molecule has 1 saturated heterocycles. The second kappa shape index (κ2) is 7.19. The first-order valence-electron chi connectivity index (χ1n) is 9.95. The molecular weight excluding hydrogens is 386 g/mol. The molecular formula is C25H17N5O. The van der Waals surface area contributed by atoms with Gasteiger partial charge >= 0.3 is 0 Å². The maximum absolute atomic E-state index is 13.9. The van der Waals surface area contributed by atoms with E-state index in [0.717, 1.165) is 11.3 Å². The molecule has 148 valence electrons. The standard InChI is InChI=1S/C25H17N5O/c26-15-25(16-27)21-11-10-17-6-4-5-9-20(17)30(21)23(22(25)19-12-13-28-29-14-19)24(31)18-7-2-1-3-8-18/h1-14,21-23H/t21-,22-,23+/m1/s1. The fourth-order valence-electron chi connectivity index (χ4n) is 4.87. The van der Waals surface area contributed by atoms with Crippen molar-refractivity contribution in [3.63, 3.8) is 0 Å². The second-order valence-electron chi connectivity index (χ2n) is 7.69. The predicted octanol–water partition coefficient (Wildman–Crippen LogP) is 3.76. The Bertz CT molecular complexity index is 1240. The Labute approximate surface area is 179 Å². The van der Waals surface area contributed by atoms with Gasteiger partial charge in [0.1, 0.15) is 6.04 Å². The monoisotopic (exact) mass is 403 g/mol. The van der Waals surface area contributed by atoms with Gasteiger partial charge in [0.05, 0.1) is 24.4 Å². The van der Waals surface area contributed by atoms with Crippen molar-refractivity contribution in [3.8, 4) is 12.1 Å². The van der Waals surface area contributed by atoms with Crippen molar-refractivity contribution in [1.29, 1.82) is 10.5 Å². The Morgan fingerprint density at radius 1 is 0.968 bits per heavy atom. The third-order valence-electron chi connectivity index (χ3n) is 6.21. The highest BCUT2D eigenvalue weighted by atomic mass is 16.1. The topological polar surface area (TPSA) is 93.7 Å². The maximum Gasteiger partial charge on any atom is 0.185 e. The summed E-state index contributed by atoms with van der Waals surface area (Å²) in [6, 6.07) is 21.7. The number of nitrogens with zero attached hydrogens (tertiary/aromatic N) is 5. The van der Waals surface area contributed by atoms with Crippen LogP contribution in [0.15, 0.2) is 79.1 Å². The number of para-hydroxylation sites is 1. The number of carbonyl (C=O) groups is 1. The summed E-state index contributed by atoms with van der Waals surface area (Å²) in [6.45, 7) is 0. The number of benzene rings is 2. The van der Waals surface area contributed by atoms with Crippen LogP contribution in [0, 0.1) is 28.1 Å². The van der Waals surface area contributed by atoms with Crippen LogP contribution in [-0.2, 0) is 0 Å². The molecule has 5 rings (SSSR count). The van der Waals surface area contributed by atoms with E-state index < -0.39 is 23.4 Å². The molecule has 0 bridgehead atoms. The van der Waals surface area contributed by atoms with Gasteiger partial charge in [0.15, 0.2) is 11.2 Å². The smallest absolute Gasteiger partial charge is 0.185 e. The summed E-state index contributed by atoms with van der Waals surface area (Å²) in [5.74, 6) is -0.837. The Kier molecular flexibility index (Phi) is 4.34. The van der Waals surface area contributed by atoms with Gasteiger partial charge in [-0.3, -0.25) is 4.79 Å². The van der Waals surface area contributed by atoms with Gasteiger partial charge < -0.3 is 4.90 Å². The van der Waals surface area contributed by atoms with E-state index in [9.17, 15) is 15.3 Å². The van der Waals surface area contributed by atoms with Gasteiger partial charge in [0, 0.05) is 23.4 Å². The number of rotatable bonds is 3. The molecule has 3 heterocycles. The zero-order chi connectivity index (χ0) is 21.4. The molecule has 0 saturated carbocycles. The summed E-state index contributed by atoms with van der Waals surface area (Å²) >= 11 is 0. The lowest BCUT2D eigenvalue weighted by molar-refractivity contribution is 0.0951. The molecule has 6 heteroatoms. The van der Waals surface area contributed by atoms with Gasteiger partial charge in [-0.2, -0.15) is 20.7 Å². The molecule has 3 atom stereocenters. The Morgan fingerprint density at radius 3 is 2.42 bits per heavy atom. The van der Waals surface area contributed by atoms with Crippen LogP contribution in [0.4, 0.5) is 5.69 Å². The van der Waals surface area contributed by atoms with E-state index in [1.165, 1.54) is 6.20 Å². The number of anilines is 1. The number of nitriles is 2. The van der Waals surface area contributed by atoms with Gasteiger partial charge in [0.25, 0.3) is 0 Å². The molecule has 0 N–H and O–H groups in total. The molecule has 1 aromatic heterocycles. The Morgan fingerprint density at radius 2 is 1.71 bits per heavy atom. The zero-order valence-corrected chi connectivity index (χ0v) is 16.5. The molecule has 2 aromatic carbocycles. The van der Waals surface area contributed by atoms with E-state index in [1.54, 1.807) is 24.4 Å². The highest BCUT2D eigenvalue weighted by molar-refractivity contribution is 6.04.